The molecule has 0 spiro atoms. The lowest BCUT2D eigenvalue weighted by Gasteiger charge is -2.17. The third kappa shape index (κ3) is 3.62. The second-order valence-corrected chi connectivity index (χ2v) is 5.84. The van der Waals surface area contributed by atoms with Gasteiger partial charge in [0.25, 0.3) is 0 Å². The number of sulfonamides is 1. The number of hydrogen-bond donors (Lipinski definition) is 1. The lowest BCUT2D eigenvalue weighted by atomic mass is 10.3. The number of ether oxygens (including phenoxy) is 1. The third-order valence-corrected chi connectivity index (χ3v) is 4.37. The van der Waals surface area contributed by atoms with Gasteiger partial charge in [-0.2, -0.15) is 4.31 Å². The predicted octanol–water partition coefficient (Wildman–Crippen LogP) is 1.20. The molecule has 0 aliphatic rings. The van der Waals surface area contributed by atoms with E-state index in [1.165, 1.54) is 7.05 Å². The number of rotatable bonds is 6. The Bertz CT molecular complexity index is 549. The van der Waals surface area contributed by atoms with Crippen molar-refractivity contribution in [3.8, 4) is 0 Å². The third-order valence-electron chi connectivity index (χ3n) is 2.49. The molecule has 108 valence electrons. The number of likely N-dealkylation sites (N-methyl/N-ethyl adjacent to an activating group) is 1. The Labute approximate surface area is 111 Å². The molecule has 1 aromatic rings. The van der Waals surface area contributed by atoms with Crippen LogP contribution in [0.5, 0.6) is 0 Å². The molecule has 2 N–H and O–H groups in total. The minimum Gasteiger partial charge on any atom is -0.396 e. The molecule has 0 bridgehead atoms. The van der Waals surface area contributed by atoms with Crippen LogP contribution in [0, 0.1) is 11.6 Å². The Kier molecular flexibility index (Phi) is 5.21. The van der Waals surface area contributed by atoms with Gasteiger partial charge in [-0.3, -0.25) is 0 Å². The standard InChI is InChI=1S/C11H16F2N2O3S/c1-3-18-5-4-15(2)19(16,17)11-7-10(14)8(12)6-9(11)13/h6-7H,3-5,14H2,1-2H3. The maximum atomic E-state index is 13.5. The fourth-order valence-electron chi connectivity index (χ4n) is 1.37. The van der Waals surface area contributed by atoms with Crippen molar-refractivity contribution in [1.82, 2.24) is 4.31 Å². The van der Waals surface area contributed by atoms with Crippen molar-refractivity contribution in [3.05, 3.63) is 23.8 Å². The maximum Gasteiger partial charge on any atom is 0.245 e. The first-order chi connectivity index (χ1) is 8.80. The van der Waals surface area contributed by atoms with Crippen LogP contribution in [0.3, 0.4) is 0 Å². The average Bonchev–Trinajstić information content (AvgIpc) is 2.33. The SMILES string of the molecule is CCOCCN(C)S(=O)(=O)c1cc(N)c(F)cc1F. The second-order valence-electron chi connectivity index (χ2n) is 3.83. The van der Waals surface area contributed by atoms with E-state index >= 15 is 0 Å². The zero-order valence-corrected chi connectivity index (χ0v) is 11.5. The van der Waals surface area contributed by atoms with E-state index < -0.39 is 32.2 Å². The summed E-state index contributed by atoms with van der Waals surface area (Å²) in [5, 5.41) is 0. The van der Waals surface area contributed by atoms with Crippen LogP contribution in [0.2, 0.25) is 0 Å². The fourth-order valence-corrected chi connectivity index (χ4v) is 2.60. The summed E-state index contributed by atoms with van der Waals surface area (Å²) in [6.45, 7) is 2.47. The van der Waals surface area contributed by atoms with Gasteiger partial charge in [-0.1, -0.05) is 0 Å². The van der Waals surface area contributed by atoms with Gasteiger partial charge >= 0.3 is 0 Å². The molecule has 0 radical (unpaired) electrons. The highest BCUT2D eigenvalue weighted by atomic mass is 32.2. The van der Waals surface area contributed by atoms with Crippen molar-refractivity contribution < 1.29 is 21.9 Å². The number of benzene rings is 1. The highest BCUT2D eigenvalue weighted by Crippen LogP contribution is 2.23. The van der Waals surface area contributed by atoms with E-state index in [4.69, 9.17) is 10.5 Å². The zero-order chi connectivity index (χ0) is 14.6. The molecule has 1 aromatic carbocycles. The molecule has 0 aromatic heterocycles. The van der Waals surface area contributed by atoms with E-state index in [1.54, 1.807) is 6.92 Å². The molecule has 8 heteroatoms. The van der Waals surface area contributed by atoms with Crippen molar-refractivity contribution in [3.63, 3.8) is 0 Å². The molecule has 0 aliphatic heterocycles. The number of nitrogens with two attached hydrogens (primary N) is 1. The van der Waals surface area contributed by atoms with Crippen molar-refractivity contribution in [2.45, 2.75) is 11.8 Å². The van der Waals surface area contributed by atoms with Crippen molar-refractivity contribution in [2.75, 3.05) is 32.5 Å². The van der Waals surface area contributed by atoms with Gasteiger partial charge in [0, 0.05) is 26.3 Å². The Morgan fingerprint density at radius 3 is 2.53 bits per heavy atom. The van der Waals surface area contributed by atoms with E-state index in [9.17, 15) is 17.2 Å². The van der Waals surface area contributed by atoms with E-state index in [0.717, 1.165) is 10.4 Å². The van der Waals surface area contributed by atoms with Gasteiger partial charge < -0.3 is 10.5 Å². The maximum absolute atomic E-state index is 13.5. The summed E-state index contributed by atoms with van der Waals surface area (Å²) in [4.78, 5) is -0.648. The molecule has 0 heterocycles. The molecular weight excluding hydrogens is 278 g/mol. The van der Waals surface area contributed by atoms with Crippen LogP contribution in [-0.4, -0.2) is 39.5 Å². The van der Waals surface area contributed by atoms with Crippen molar-refractivity contribution in [2.24, 2.45) is 0 Å². The first kappa shape index (κ1) is 15.8. The molecule has 1 rings (SSSR count). The van der Waals surface area contributed by atoms with Crippen LogP contribution in [-0.2, 0) is 14.8 Å². The monoisotopic (exact) mass is 294 g/mol. The van der Waals surface area contributed by atoms with Gasteiger partial charge in [-0.25, -0.2) is 17.2 Å². The van der Waals surface area contributed by atoms with E-state index in [0.29, 0.717) is 12.7 Å². The van der Waals surface area contributed by atoms with Crippen LogP contribution in [0.25, 0.3) is 0 Å². The molecule has 0 aliphatic carbocycles. The molecule has 0 fully saturated rings. The van der Waals surface area contributed by atoms with Crippen LogP contribution in [0.15, 0.2) is 17.0 Å². The Morgan fingerprint density at radius 1 is 1.32 bits per heavy atom. The normalized spacial score (nSPS) is 12.1. The van der Waals surface area contributed by atoms with E-state index in [2.05, 4.69) is 0 Å². The highest BCUT2D eigenvalue weighted by molar-refractivity contribution is 7.89. The quantitative estimate of drug-likeness (QED) is 0.632. The van der Waals surface area contributed by atoms with E-state index in [-0.39, 0.29) is 13.2 Å². The summed E-state index contributed by atoms with van der Waals surface area (Å²) < 4.78 is 56.6. The summed E-state index contributed by atoms with van der Waals surface area (Å²) >= 11 is 0. The molecule has 0 atom stereocenters. The van der Waals surface area contributed by atoms with Gasteiger partial charge in [0.05, 0.1) is 12.3 Å². The Balaban J connectivity index is 3.03. The van der Waals surface area contributed by atoms with Gasteiger partial charge in [0.1, 0.15) is 16.5 Å². The average molecular weight is 294 g/mol. The highest BCUT2D eigenvalue weighted by Gasteiger charge is 2.25. The lowest BCUT2D eigenvalue weighted by molar-refractivity contribution is 0.138. The van der Waals surface area contributed by atoms with Gasteiger partial charge in [0.15, 0.2) is 0 Å². The number of anilines is 1. The summed E-state index contributed by atoms with van der Waals surface area (Å²) in [5.74, 6) is -2.16. The molecule has 19 heavy (non-hydrogen) atoms. The first-order valence-corrected chi connectivity index (χ1v) is 7.03. The summed E-state index contributed by atoms with van der Waals surface area (Å²) in [5.41, 5.74) is 4.84. The van der Waals surface area contributed by atoms with Gasteiger partial charge in [-0.05, 0) is 13.0 Å². The molecule has 0 saturated heterocycles. The number of nitrogens with zero attached hydrogens (tertiary/aromatic N) is 1. The number of hydrogen-bond acceptors (Lipinski definition) is 4. The molecule has 0 saturated carbocycles. The van der Waals surface area contributed by atoms with Crippen molar-refractivity contribution >= 4 is 15.7 Å². The molecular formula is C11H16F2N2O3S. The minimum atomic E-state index is -4.06. The fraction of sp³-hybridized carbons (Fsp3) is 0.455. The number of halogens is 2. The zero-order valence-electron chi connectivity index (χ0n) is 10.7. The molecule has 5 nitrogen and oxygen atoms in total. The summed E-state index contributed by atoms with van der Waals surface area (Å²) in [7, 11) is -2.77. The number of nitrogen functional groups attached to an aromatic ring is 1. The van der Waals surface area contributed by atoms with Crippen LogP contribution < -0.4 is 5.73 Å². The van der Waals surface area contributed by atoms with Crippen LogP contribution in [0.1, 0.15) is 6.92 Å². The molecule has 0 unspecified atom stereocenters. The largest absolute Gasteiger partial charge is 0.396 e. The Morgan fingerprint density at radius 2 is 1.95 bits per heavy atom. The first-order valence-electron chi connectivity index (χ1n) is 5.59. The summed E-state index contributed by atoms with van der Waals surface area (Å²) in [6, 6.07) is 1.23. The van der Waals surface area contributed by atoms with Gasteiger partial charge in [0.2, 0.25) is 10.0 Å². The summed E-state index contributed by atoms with van der Waals surface area (Å²) in [6.07, 6.45) is 0. The van der Waals surface area contributed by atoms with Crippen molar-refractivity contribution in [1.29, 1.82) is 0 Å². The van der Waals surface area contributed by atoms with Crippen LogP contribution in [0.4, 0.5) is 14.5 Å². The smallest absolute Gasteiger partial charge is 0.245 e. The lowest BCUT2D eigenvalue weighted by Crippen LogP contribution is -2.31. The minimum absolute atomic E-state index is 0.0624. The predicted molar refractivity (Wildman–Crippen MR) is 67.1 cm³/mol. The Hall–Kier alpha value is -1.25. The topological polar surface area (TPSA) is 72.6 Å². The van der Waals surface area contributed by atoms with Gasteiger partial charge in [-0.15, -0.1) is 0 Å². The molecule has 0 amide bonds. The van der Waals surface area contributed by atoms with E-state index in [1.807, 2.05) is 0 Å². The van der Waals surface area contributed by atoms with Crippen LogP contribution >= 0.6 is 0 Å². The second kappa shape index (κ2) is 6.27.